The van der Waals surface area contributed by atoms with Crippen molar-refractivity contribution in [3.05, 3.63) is 47.7 Å². The average molecular weight is 223 g/mol. The molecule has 0 fully saturated rings. The highest BCUT2D eigenvalue weighted by Crippen LogP contribution is 2.53. The molecule has 4 rings (SSSR count). The van der Waals surface area contributed by atoms with Gasteiger partial charge >= 0.3 is 0 Å². The van der Waals surface area contributed by atoms with Gasteiger partial charge in [-0.15, -0.1) is 0 Å². The molecule has 0 saturated heterocycles. The molecule has 2 atom stereocenters. The van der Waals surface area contributed by atoms with E-state index in [4.69, 9.17) is 0 Å². The normalized spacial score (nSPS) is 28.6. The van der Waals surface area contributed by atoms with Crippen molar-refractivity contribution in [1.29, 1.82) is 0 Å². The molecule has 1 heteroatoms. The van der Waals surface area contributed by atoms with Gasteiger partial charge in [0.05, 0.1) is 0 Å². The summed E-state index contributed by atoms with van der Waals surface area (Å²) >= 11 is 0. The SMILES string of the molecule is CC1(C)c2c([nH]c3ccccc23)[C@H]2C=C[C@@H]1C2. The summed E-state index contributed by atoms with van der Waals surface area (Å²) in [6.07, 6.45) is 6.10. The van der Waals surface area contributed by atoms with Gasteiger partial charge in [-0.2, -0.15) is 0 Å². The van der Waals surface area contributed by atoms with E-state index < -0.39 is 0 Å². The van der Waals surface area contributed by atoms with E-state index in [1.165, 1.54) is 23.0 Å². The van der Waals surface area contributed by atoms with Crippen LogP contribution in [0, 0.1) is 5.92 Å². The van der Waals surface area contributed by atoms with E-state index in [0.717, 1.165) is 0 Å². The molecule has 0 spiro atoms. The van der Waals surface area contributed by atoms with Gasteiger partial charge in [0.25, 0.3) is 0 Å². The number of rotatable bonds is 0. The molecule has 1 aromatic heterocycles. The van der Waals surface area contributed by atoms with Crippen molar-refractivity contribution in [2.45, 2.75) is 31.6 Å². The predicted molar refractivity (Wildman–Crippen MR) is 71.3 cm³/mol. The van der Waals surface area contributed by atoms with Crippen LogP contribution in [-0.2, 0) is 5.41 Å². The lowest BCUT2D eigenvalue weighted by atomic mass is 9.67. The summed E-state index contributed by atoms with van der Waals surface area (Å²) < 4.78 is 0. The molecule has 0 saturated carbocycles. The third kappa shape index (κ3) is 1.05. The van der Waals surface area contributed by atoms with Gasteiger partial charge in [-0.25, -0.2) is 0 Å². The number of aromatic nitrogens is 1. The first-order chi connectivity index (χ1) is 8.18. The van der Waals surface area contributed by atoms with Gasteiger partial charge in [0, 0.05) is 22.5 Å². The summed E-state index contributed by atoms with van der Waals surface area (Å²) in [7, 11) is 0. The number of hydrogen-bond acceptors (Lipinski definition) is 0. The van der Waals surface area contributed by atoms with Crippen LogP contribution >= 0.6 is 0 Å². The summed E-state index contributed by atoms with van der Waals surface area (Å²) in [6.45, 7) is 4.78. The lowest BCUT2D eigenvalue weighted by molar-refractivity contribution is 0.343. The van der Waals surface area contributed by atoms with Crippen LogP contribution in [-0.4, -0.2) is 4.98 Å². The van der Waals surface area contributed by atoms with Crippen LogP contribution in [0.3, 0.4) is 0 Å². The Hall–Kier alpha value is -1.50. The maximum atomic E-state index is 3.65. The summed E-state index contributed by atoms with van der Waals surface area (Å²) in [4.78, 5) is 3.65. The zero-order chi connectivity index (χ0) is 11.6. The fraction of sp³-hybridized carbons (Fsp3) is 0.375. The number of para-hydroxylation sites is 1. The number of allylic oxidation sites excluding steroid dienone is 2. The van der Waals surface area contributed by atoms with Crippen LogP contribution in [0.15, 0.2) is 36.4 Å². The van der Waals surface area contributed by atoms with Gasteiger partial charge < -0.3 is 4.98 Å². The molecular formula is C16H17N. The number of aromatic amines is 1. The third-order valence-corrected chi connectivity index (χ3v) is 4.76. The topological polar surface area (TPSA) is 15.8 Å². The van der Waals surface area contributed by atoms with E-state index in [1.54, 1.807) is 5.56 Å². The summed E-state index contributed by atoms with van der Waals surface area (Å²) in [6, 6.07) is 8.72. The molecule has 1 aromatic carbocycles. The molecule has 0 amide bonds. The Morgan fingerprint density at radius 3 is 2.88 bits per heavy atom. The fourth-order valence-electron chi connectivity index (χ4n) is 3.77. The zero-order valence-corrected chi connectivity index (χ0v) is 10.3. The highest BCUT2D eigenvalue weighted by Gasteiger charge is 2.43. The van der Waals surface area contributed by atoms with E-state index >= 15 is 0 Å². The average Bonchev–Trinajstić information content (AvgIpc) is 2.91. The zero-order valence-electron chi connectivity index (χ0n) is 10.3. The second kappa shape index (κ2) is 2.84. The Balaban J connectivity index is 2.13. The molecular weight excluding hydrogens is 206 g/mol. The van der Waals surface area contributed by atoms with Crippen molar-refractivity contribution < 1.29 is 0 Å². The molecule has 17 heavy (non-hydrogen) atoms. The van der Waals surface area contributed by atoms with Crippen LogP contribution in [0.2, 0.25) is 0 Å². The first kappa shape index (κ1) is 9.52. The van der Waals surface area contributed by atoms with Gasteiger partial charge in [-0.1, -0.05) is 44.2 Å². The van der Waals surface area contributed by atoms with Gasteiger partial charge in [0.1, 0.15) is 0 Å². The Kier molecular flexibility index (Phi) is 1.59. The molecule has 1 heterocycles. The van der Waals surface area contributed by atoms with Crippen molar-refractivity contribution in [3.63, 3.8) is 0 Å². The molecule has 0 unspecified atom stereocenters. The van der Waals surface area contributed by atoms with Gasteiger partial charge in [-0.05, 0) is 29.4 Å². The van der Waals surface area contributed by atoms with Crippen LogP contribution in [0.5, 0.6) is 0 Å². The Morgan fingerprint density at radius 2 is 2.00 bits per heavy atom. The molecule has 2 aliphatic carbocycles. The number of hydrogen-bond donors (Lipinski definition) is 1. The molecule has 1 nitrogen and oxygen atoms in total. The summed E-state index contributed by atoms with van der Waals surface area (Å²) in [5.41, 5.74) is 4.57. The molecule has 0 radical (unpaired) electrons. The standard InChI is InChI=1S/C16H17N/c1-16(2)11-8-7-10(9-11)15-14(16)12-5-3-4-6-13(12)17-15/h3-8,10-11,17H,9H2,1-2H3/t10-,11+/m0/s1. The van der Waals surface area contributed by atoms with Crippen LogP contribution in [0.1, 0.15) is 37.4 Å². The van der Waals surface area contributed by atoms with Gasteiger partial charge in [-0.3, -0.25) is 0 Å². The van der Waals surface area contributed by atoms with E-state index in [0.29, 0.717) is 11.8 Å². The van der Waals surface area contributed by atoms with Crippen LogP contribution < -0.4 is 0 Å². The Labute approximate surface area is 102 Å². The van der Waals surface area contributed by atoms with E-state index in [-0.39, 0.29) is 5.41 Å². The van der Waals surface area contributed by atoms with Crippen molar-refractivity contribution in [1.82, 2.24) is 4.98 Å². The Bertz CT molecular complexity index is 630. The largest absolute Gasteiger partial charge is 0.358 e. The molecule has 1 N–H and O–H groups in total. The maximum absolute atomic E-state index is 3.65. The quantitative estimate of drug-likeness (QED) is 0.647. The van der Waals surface area contributed by atoms with E-state index in [2.05, 4.69) is 55.2 Å². The lowest BCUT2D eigenvalue weighted by Gasteiger charge is -2.37. The smallest absolute Gasteiger partial charge is 0.0459 e. The van der Waals surface area contributed by atoms with Gasteiger partial charge in [0.15, 0.2) is 0 Å². The summed E-state index contributed by atoms with van der Waals surface area (Å²) in [5.74, 6) is 1.33. The van der Waals surface area contributed by atoms with E-state index in [1.807, 2.05) is 0 Å². The van der Waals surface area contributed by atoms with Crippen molar-refractivity contribution in [2.75, 3.05) is 0 Å². The second-order valence-corrected chi connectivity index (χ2v) is 6.01. The predicted octanol–water partition coefficient (Wildman–Crippen LogP) is 4.12. The lowest BCUT2D eigenvalue weighted by Crippen LogP contribution is -2.31. The highest BCUT2D eigenvalue weighted by molar-refractivity contribution is 5.86. The first-order valence-electron chi connectivity index (χ1n) is 6.47. The van der Waals surface area contributed by atoms with Crippen molar-refractivity contribution in [3.8, 4) is 0 Å². The van der Waals surface area contributed by atoms with Crippen LogP contribution in [0.4, 0.5) is 0 Å². The maximum Gasteiger partial charge on any atom is 0.0459 e. The third-order valence-electron chi connectivity index (χ3n) is 4.76. The number of nitrogens with one attached hydrogen (secondary N) is 1. The first-order valence-corrected chi connectivity index (χ1v) is 6.47. The molecule has 2 aromatic rings. The number of fused-ring (bicyclic) bond motifs is 6. The van der Waals surface area contributed by atoms with Crippen molar-refractivity contribution >= 4 is 10.9 Å². The minimum absolute atomic E-state index is 0.262. The van der Waals surface area contributed by atoms with Gasteiger partial charge in [0.2, 0.25) is 0 Å². The molecule has 2 bridgehead atoms. The van der Waals surface area contributed by atoms with Crippen molar-refractivity contribution in [2.24, 2.45) is 5.92 Å². The fourth-order valence-corrected chi connectivity index (χ4v) is 3.77. The van der Waals surface area contributed by atoms with E-state index in [9.17, 15) is 0 Å². The molecule has 86 valence electrons. The second-order valence-electron chi connectivity index (χ2n) is 6.01. The minimum atomic E-state index is 0.262. The van der Waals surface area contributed by atoms with Crippen LogP contribution in [0.25, 0.3) is 10.9 Å². The highest BCUT2D eigenvalue weighted by atomic mass is 14.8. The minimum Gasteiger partial charge on any atom is -0.358 e. The Morgan fingerprint density at radius 1 is 1.18 bits per heavy atom. The number of benzene rings is 1. The molecule has 2 aliphatic rings. The summed E-state index contributed by atoms with van der Waals surface area (Å²) in [5, 5.41) is 1.42. The monoisotopic (exact) mass is 223 g/mol. The number of H-pyrrole nitrogens is 1. The molecule has 0 aliphatic heterocycles.